The highest BCUT2D eigenvalue weighted by Crippen LogP contribution is 2.67. The van der Waals surface area contributed by atoms with Gasteiger partial charge in [-0.2, -0.15) is 0 Å². The number of ether oxygens (including phenoxy) is 4. The summed E-state index contributed by atoms with van der Waals surface area (Å²) in [4.78, 5) is 54.4. The first-order valence-corrected chi connectivity index (χ1v) is 17.3. The zero-order valence-electron chi connectivity index (χ0n) is 29.0. The Balaban J connectivity index is 1.26. The number of allylic oxidation sites excluding steroid dienone is 2. The van der Waals surface area contributed by atoms with E-state index in [1.807, 2.05) is 36.4 Å². The normalized spacial score (nSPS) is 28.1. The maximum Gasteiger partial charge on any atom is 0.253 e. The zero-order chi connectivity index (χ0) is 37.3. The molecule has 3 aromatic rings. The number of benzene rings is 3. The van der Waals surface area contributed by atoms with Crippen LogP contribution in [-0.2, 0) is 19.2 Å². The number of phenols is 1. The van der Waals surface area contributed by atoms with Crippen molar-refractivity contribution in [3.05, 3.63) is 82.9 Å². The van der Waals surface area contributed by atoms with Crippen LogP contribution in [0.3, 0.4) is 0 Å². The third-order valence-corrected chi connectivity index (χ3v) is 12.3. The number of rotatable bonds is 8. The summed E-state index contributed by atoms with van der Waals surface area (Å²) in [5, 5.41) is 10.5. The maximum absolute atomic E-state index is 14.5. The van der Waals surface area contributed by atoms with Crippen LogP contribution in [0, 0.1) is 17.8 Å². The van der Waals surface area contributed by atoms with Gasteiger partial charge in [0, 0.05) is 36.2 Å². The number of nitrogens with zero attached hydrogens (tertiary/aromatic N) is 2. The van der Waals surface area contributed by atoms with Crippen molar-refractivity contribution in [1.82, 2.24) is 4.90 Å². The molecule has 2 aliphatic carbocycles. The largest absolute Gasteiger partial charge is 0.508 e. The smallest absolute Gasteiger partial charge is 0.253 e. The van der Waals surface area contributed by atoms with Crippen molar-refractivity contribution in [2.24, 2.45) is 17.8 Å². The molecule has 4 aliphatic rings. The third kappa shape index (κ3) is 5.00. The number of methoxy groups -OCH3 is 4. The highest BCUT2D eigenvalue weighted by Gasteiger charge is 2.76. The molecular formula is C39H36Cl2N2O9. The van der Waals surface area contributed by atoms with Gasteiger partial charge in [0.05, 0.1) is 46.0 Å². The zero-order valence-corrected chi connectivity index (χ0v) is 30.5. The van der Waals surface area contributed by atoms with E-state index in [0.29, 0.717) is 22.8 Å². The number of alkyl halides is 2. The van der Waals surface area contributed by atoms with E-state index in [1.165, 1.54) is 38.3 Å². The fourth-order valence-electron chi connectivity index (χ4n) is 8.42. The molecule has 0 unspecified atom stereocenters. The van der Waals surface area contributed by atoms with Gasteiger partial charge in [-0.25, -0.2) is 0 Å². The lowest BCUT2D eigenvalue weighted by Gasteiger charge is -2.51. The summed E-state index contributed by atoms with van der Waals surface area (Å²) in [6.45, 7) is 0. The van der Waals surface area contributed by atoms with Gasteiger partial charge in [0.15, 0.2) is 9.75 Å². The number of hydrogen-bond acceptors (Lipinski definition) is 9. The summed E-state index contributed by atoms with van der Waals surface area (Å²) in [5.41, 5.74) is 2.89. The second-order valence-corrected chi connectivity index (χ2v) is 14.5. The van der Waals surface area contributed by atoms with Gasteiger partial charge in [0.2, 0.25) is 11.8 Å². The van der Waals surface area contributed by atoms with Gasteiger partial charge in [-0.05, 0) is 54.7 Å². The molecule has 7 rings (SSSR count). The Morgan fingerprint density at radius 1 is 0.788 bits per heavy atom. The predicted molar refractivity (Wildman–Crippen MR) is 194 cm³/mol. The summed E-state index contributed by atoms with van der Waals surface area (Å²) >= 11 is 14.6. The molecule has 4 amide bonds. The van der Waals surface area contributed by atoms with Crippen LogP contribution in [0.25, 0.3) is 12.2 Å². The van der Waals surface area contributed by atoms with Crippen molar-refractivity contribution < 1.29 is 43.2 Å². The van der Waals surface area contributed by atoms with Crippen molar-refractivity contribution in [2.75, 3.05) is 40.4 Å². The van der Waals surface area contributed by atoms with Crippen molar-refractivity contribution in [3.8, 4) is 28.7 Å². The number of phenolic OH excluding ortho intramolecular Hbond substituents is 1. The minimum absolute atomic E-state index is 0.147. The highest BCUT2D eigenvalue weighted by molar-refractivity contribution is 6.53. The van der Waals surface area contributed by atoms with Crippen LogP contribution in [0.4, 0.5) is 5.69 Å². The first-order valence-electron chi connectivity index (χ1n) is 16.6. The summed E-state index contributed by atoms with van der Waals surface area (Å²) < 4.78 is 22.1. The highest BCUT2D eigenvalue weighted by atomic mass is 35.5. The molecule has 2 heterocycles. The van der Waals surface area contributed by atoms with Gasteiger partial charge in [-0.1, -0.05) is 35.9 Å². The van der Waals surface area contributed by atoms with Gasteiger partial charge in [0.1, 0.15) is 28.7 Å². The lowest BCUT2D eigenvalue weighted by atomic mass is 9.56. The molecular weight excluding hydrogens is 711 g/mol. The van der Waals surface area contributed by atoms with Gasteiger partial charge in [0.25, 0.3) is 11.8 Å². The predicted octanol–water partition coefficient (Wildman–Crippen LogP) is 5.79. The molecule has 52 heavy (non-hydrogen) atoms. The molecule has 2 aliphatic heterocycles. The molecule has 11 nitrogen and oxygen atoms in total. The van der Waals surface area contributed by atoms with E-state index >= 15 is 0 Å². The van der Waals surface area contributed by atoms with Crippen molar-refractivity contribution >= 4 is 64.7 Å². The van der Waals surface area contributed by atoms with Crippen LogP contribution >= 0.6 is 23.2 Å². The number of aromatic hydroxyl groups is 1. The van der Waals surface area contributed by atoms with Gasteiger partial charge < -0.3 is 24.1 Å². The maximum atomic E-state index is 14.5. The molecule has 2 saturated heterocycles. The molecule has 1 saturated carbocycles. The van der Waals surface area contributed by atoms with E-state index in [-0.39, 0.29) is 41.6 Å². The minimum Gasteiger partial charge on any atom is -0.508 e. The SMILES string of the molecule is COc1ccc(OC)c(C=Cc2ccc(N3C(=O)[C@H]4[C@H](CC=C5[C@H]4C[C@@]4(Cl)C(=O)N(C)C(=O)[C@@]4(Cl)[C@H]5c4c(OC)cc(O)cc4OC)C3=O)cc2)c1. The van der Waals surface area contributed by atoms with Crippen molar-refractivity contribution in [3.63, 3.8) is 0 Å². The Kier molecular flexibility index (Phi) is 8.78. The standard InChI is InChI=1S/C39H36Cl2N2O9/c1-42-36(47)38(40)19-27-25(33(39(38,41)37(42)48)32-29(51-4)17-23(44)18-30(32)52-5)13-14-26-31(27)35(46)43(34(26)45)22-10-7-20(8-11-22)6-9-21-16-24(49-2)12-15-28(21)50-3/h6-13,15-18,26-27,31,33,44H,14,19H2,1-5H3/t26-,27+,31-,33+,38+,39-/m0/s1. The van der Waals surface area contributed by atoms with Crippen LogP contribution in [0.5, 0.6) is 28.7 Å². The number of anilines is 1. The first kappa shape index (κ1) is 35.4. The molecule has 3 fully saturated rings. The number of hydrogen-bond donors (Lipinski definition) is 1. The number of amides is 4. The lowest BCUT2D eigenvalue weighted by Crippen LogP contribution is -2.60. The van der Waals surface area contributed by atoms with E-state index in [1.54, 1.807) is 38.5 Å². The Hall–Kier alpha value is -5.00. The van der Waals surface area contributed by atoms with Crippen molar-refractivity contribution in [2.45, 2.75) is 28.5 Å². The first-order chi connectivity index (χ1) is 24.8. The average Bonchev–Trinajstić information content (AvgIpc) is 3.48. The summed E-state index contributed by atoms with van der Waals surface area (Å²) in [6, 6.07) is 15.2. The number of likely N-dealkylation sites (tertiary alicyclic amines) is 1. The molecule has 270 valence electrons. The molecule has 0 spiro atoms. The molecule has 0 aromatic heterocycles. The Morgan fingerprint density at radius 3 is 2.06 bits per heavy atom. The molecule has 0 bridgehead atoms. The minimum atomic E-state index is -2.04. The van der Waals surface area contributed by atoms with Crippen LogP contribution < -0.4 is 23.8 Å². The summed E-state index contributed by atoms with van der Waals surface area (Å²) in [6.07, 6.45) is 5.61. The lowest BCUT2D eigenvalue weighted by molar-refractivity contribution is -0.138. The fourth-order valence-corrected chi connectivity index (χ4v) is 9.42. The Bertz CT molecular complexity index is 2060. The number of carbonyl (C=O) groups excluding carboxylic acids is 4. The monoisotopic (exact) mass is 746 g/mol. The number of fused-ring (bicyclic) bond motifs is 4. The molecule has 1 N–H and O–H groups in total. The van der Waals surface area contributed by atoms with E-state index < -0.39 is 51.1 Å². The Labute approximate surface area is 310 Å². The summed E-state index contributed by atoms with van der Waals surface area (Å²) in [7, 11) is 7.27. The van der Waals surface area contributed by atoms with E-state index in [4.69, 9.17) is 42.1 Å². The van der Waals surface area contributed by atoms with Crippen LogP contribution in [0.15, 0.2) is 66.2 Å². The Morgan fingerprint density at radius 2 is 1.44 bits per heavy atom. The molecule has 0 radical (unpaired) electrons. The van der Waals surface area contributed by atoms with Crippen LogP contribution in [-0.4, -0.2) is 78.9 Å². The van der Waals surface area contributed by atoms with Gasteiger partial charge >= 0.3 is 0 Å². The summed E-state index contributed by atoms with van der Waals surface area (Å²) in [5.74, 6) is -4.25. The van der Waals surface area contributed by atoms with E-state index in [2.05, 4.69) is 0 Å². The molecule has 3 aromatic carbocycles. The fraction of sp³-hybridized carbons (Fsp3) is 0.333. The number of halogens is 2. The topological polar surface area (TPSA) is 132 Å². The van der Waals surface area contributed by atoms with E-state index in [9.17, 15) is 24.3 Å². The van der Waals surface area contributed by atoms with Crippen molar-refractivity contribution in [1.29, 1.82) is 0 Å². The quantitative estimate of drug-likeness (QED) is 0.132. The second kappa shape index (κ2) is 12.9. The van der Waals surface area contributed by atoms with Crippen LogP contribution in [0.1, 0.15) is 35.4 Å². The third-order valence-electron chi connectivity index (χ3n) is 10.9. The second-order valence-electron chi connectivity index (χ2n) is 13.3. The molecule has 6 atom stereocenters. The van der Waals surface area contributed by atoms with E-state index in [0.717, 1.165) is 16.0 Å². The van der Waals surface area contributed by atoms with Crippen LogP contribution in [0.2, 0.25) is 0 Å². The molecule has 13 heteroatoms. The van der Waals surface area contributed by atoms with Gasteiger partial charge in [-0.15, -0.1) is 23.2 Å². The number of imide groups is 2. The average molecular weight is 748 g/mol. The number of carbonyl (C=O) groups is 4. The van der Waals surface area contributed by atoms with Gasteiger partial charge in [-0.3, -0.25) is 29.0 Å².